The molecule has 2 aromatic carbocycles. The van der Waals surface area contributed by atoms with Crippen molar-refractivity contribution in [2.45, 2.75) is 13.0 Å². The van der Waals surface area contributed by atoms with Gasteiger partial charge in [-0.05, 0) is 43.3 Å². The van der Waals surface area contributed by atoms with Gasteiger partial charge in [-0.2, -0.15) is 0 Å². The minimum absolute atomic E-state index is 0.249. The van der Waals surface area contributed by atoms with Crippen LogP contribution in [-0.2, 0) is 4.79 Å². The molecule has 3 amide bonds. The van der Waals surface area contributed by atoms with E-state index in [2.05, 4.69) is 16.0 Å². The van der Waals surface area contributed by atoms with Crippen LogP contribution in [0, 0.1) is 0 Å². The lowest BCUT2D eigenvalue weighted by atomic mass is 10.2. The van der Waals surface area contributed by atoms with Crippen LogP contribution in [0.4, 0.5) is 16.2 Å². The summed E-state index contributed by atoms with van der Waals surface area (Å²) in [7, 11) is 1.54. The highest BCUT2D eigenvalue weighted by Crippen LogP contribution is 2.15. The van der Waals surface area contributed by atoms with Crippen LogP contribution < -0.4 is 20.7 Å². The molecule has 0 saturated heterocycles. The lowest BCUT2D eigenvalue weighted by molar-refractivity contribution is -0.122. The quantitative estimate of drug-likeness (QED) is 0.794. The van der Waals surface area contributed by atoms with Gasteiger partial charge in [-0.25, -0.2) is 4.79 Å². The van der Waals surface area contributed by atoms with Crippen molar-refractivity contribution in [1.29, 1.82) is 0 Å². The fourth-order valence-electron chi connectivity index (χ4n) is 1.83. The van der Waals surface area contributed by atoms with Gasteiger partial charge >= 0.3 is 6.03 Å². The highest BCUT2D eigenvalue weighted by Gasteiger charge is 2.14. The van der Waals surface area contributed by atoms with Gasteiger partial charge in [-0.3, -0.25) is 4.79 Å². The van der Waals surface area contributed by atoms with Gasteiger partial charge in [0.1, 0.15) is 5.75 Å². The summed E-state index contributed by atoms with van der Waals surface area (Å²) < 4.78 is 5.56. The van der Waals surface area contributed by atoms with Gasteiger partial charge in [0.15, 0.2) is 6.10 Å². The molecule has 0 unspecified atom stereocenters. The first-order valence-electron chi connectivity index (χ1n) is 7.20. The number of rotatable bonds is 5. The van der Waals surface area contributed by atoms with Crippen LogP contribution in [0.1, 0.15) is 6.92 Å². The summed E-state index contributed by atoms with van der Waals surface area (Å²) in [6.07, 6.45) is -0.624. The Hall–Kier alpha value is -3.02. The fraction of sp³-hybridized carbons (Fsp3) is 0.176. The minimum atomic E-state index is -0.624. The van der Waals surface area contributed by atoms with Crippen molar-refractivity contribution >= 4 is 23.3 Å². The minimum Gasteiger partial charge on any atom is -0.481 e. The van der Waals surface area contributed by atoms with Gasteiger partial charge in [0, 0.05) is 18.4 Å². The van der Waals surface area contributed by atoms with E-state index in [1.807, 2.05) is 18.2 Å². The number of hydrogen-bond donors (Lipinski definition) is 3. The number of benzene rings is 2. The first-order chi connectivity index (χ1) is 11.1. The van der Waals surface area contributed by atoms with Crippen LogP contribution in [0.25, 0.3) is 0 Å². The maximum absolute atomic E-state index is 12.1. The molecule has 0 saturated carbocycles. The molecule has 6 nitrogen and oxygen atoms in total. The molecule has 0 bridgehead atoms. The zero-order valence-electron chi connectivity index (χ0n) is 13.0. The molecule has 0 fully saturated rings. The second-order valence-electron chi connectivity index (χ2n) is 4.84. The normalized spacial score (nSPS) is 11.2. The van der Waals surface area contributed by atoms with Gasteiger partial charge < -0.3 is 20.7 Å². The third-order valence-corrected chi connectivity index (χ3v) is 3.06. The maximum Gasteiger partial charge on any atom is 0.318 e. The summed E-state index contributed by atoms with van der Waals surface area (Å²) in [5, 5.41) is 7.87. The Balaban J connectivity index is 1.90. The number of anilines is 2. The summed E-state index contributed by atoms with van der Waals surface area (Å²) in [6.45, 7) is 1.68. The second-order valence-corrected chi connectivity index (χ2v) is 4.84. The number of hydrogen-bond acceptors (Lipinski definition) is 3. The van der Waals surface area contributed by atoms with Crippen molar-refractivity contribution < 1.29 is 14.3 Å². The van der Waals surface area contributed by atoms with Gasteiger partial charge in [0.25, 0.3) is 5.91 Å². The molecular weight excluding hydrogens is 294 g/mol. The number of carbonyl (C=O) groups excluding carboxylic acids is 2. The van der Waals surface area contributed by atoms with E-state index in [9.17, 15) is 9.59 Å². The van der Waals surface area contributed by atoms with Crippen LogP contribution >= 0.6 is 0 Å². The lowest BCUT2D eigenvalue weighted by Gasteiger charge is -2.15. The largest absolute Gasteiger partial charge is 0.481 e. The van der Waals surface area contributed by atoms with Crippen LogP contribution in [0.5, 0.6) is 5.75 Å². The Morgan fingerprint density at radius 2 is 1.48 bits per heavy atom. The Morgan fingerprint density at radius 1 is 0.913 bits per heavy atom. The standard InChI is InChI=1S/C17H19N3O3/c1-12(23-15-6-4-3-5-7-15)16(21)19-13-8-10-14(11-9-13)20-17(22)18-2/h3-12H,1-2H3,(H,19,21)(H2,18,20,22)/t12-/m1/s1. The van der Waals surface area contributed by atoms with Gasteiger partial charge in [0.2, 0.25) is 0 Å². The van der Waals surface area contributed by atoms with E-state index < -0.39 is 6.10 Å². The smallest absolute Gasteiger partial charge is 0.318 e. The molecule has 3 N–H and O–H groups in total. The molecule has 23 heavy (non-hydrogen) atoms. The summed E-state index contributed by atoms with van der Waals surface area (Å²) in [5.74, 6) is 0.390. The number of ether oxygens (including phenoxy) is 1. The number of amides is 3. The Bertz CT molecular complexity index is 657. The number of nitrogens with one attached hydrogen (secondary N) is 3. The van der Waals surface area contributed by atoms with E-state index in [4.69, 9.17) is 4.74 Å². The third-order valence-electron chi connectivity index (χ3n) is 3.06. The van der Waals surface area contributed by atoms with E-state index in [0.717, 1.165) is 0 Å². The number of urea groups is 1. The summed E-state index contributed by atoms with van der Waals surface area (Å²) in [6, 6.07) is 15.7. The van der Waals surface area contributed by atoms with Crippen molar-refractivity contribution in [1.82, 2.24) is 5.32 Å². The number of carbonyl (C=O) groups is 2. The van der Waals surface area contributed by atoms with E-state index >= 15 is 0 Å². The summed E-state index contributed by atoms with van der Waals surface area (Å²) in [5.41, 5.74) is 1.26. The predicted molar refractivity (Wildman–Crippen MR) is 89.7 cm³/mol. The van der Waals surface area contributed by atoms with Crippen LogP contribution in [0.3, 0.4) is 0 Å². The van der Waals surface area contributed by atoms with Crippen molar-refractivity contribution in [3.63, 3.8) is 0 Å². The van der Waals surface area contributed by atoms with Crippen LogP contribution in [0.2, 0.25) is 0 Å². The molecular formula is C17H19N3O3. The van der Waals surface area contributed by atoms with Crippen molar-refractivity contribution in [2.24, 2.45) is 0 Å². The fourth-order valence-corrected chi connectivity index (χ4v) is 1.83. The lowest BCUT2D eigenvalue weighted by Crippen LogP contribution is -2.30. The highest BCUT2D eigenvalue weighted by molar-refractivity contribution is 5.94. The van der Waals surface area contributed by atoms with Crippen molar-refractivity contribution in [3.8, 4) is 5.75 Å². The molecule has 2 rings (SSSR count). The number of para-hydroxylation sites is 1. The van der Waals surface area contributed by atoms with E-state index in [0.29, 0.717) is 17.1 Å². The van der Waals surface area contributed by atoms with Crippen molar-refractivity contribution in [2.75, 3.05) is 17.7 Å². The SMILES string of the molecule is CNC(=O)Nc1ccc(NC(=O)[C@@H](C)Oc2ccccc2)cc1. The van der Waals surface area contributed by atoms with E-state index in [1.165, 1.54) is 7.05 Å². The van der Waals surface area contributed by atoms with E-state index in [-0.39, 0.29) is 11.9 Å². The van der Waals surface area contributed by atoms with Crippen LogP contribution in [-0.4, -0.2) is 25.1 Å². The molecule has 0 aliphatic heterocycles. The zero-order chi connectivity index (χ0) is 16.7. The average molecular weight is 313 g/mol. The van der Waals surface area contributed by atoms with Gasteiger partial charge in [0.05, 0.1) is 0 Å². The highest BCUT2D eigenvalue weighted by atomic mass is 16.5. The zero-order valence-corrected chi connectivity index (χ0v) is 13.0. The molecule has 2 aromatic rings. The molecule has 0 heterocycles. The second kappa shape index (κ2) is 7.84. The first-order valence-corrected chi connectivity index (χ1v) is 7.20. The Morgan fingerprint density at radius 3 is 2.04 bits per heavy atom. The molecule has 0 aliphatic rings. The van der Waals surface area contributed by atoms with Crippen molar-refractivity contribution in [3.05, 3.63) is 54.6 Å². The molecule has 0 aromatic heterocycles. The topological polar surface area (TPSA) is 79.5 Å². The monoisotopic (exact) mass is 313 g/mol. The Kier molecular flexibility index (Phi) is 5.57. The maximum atomic E-state index is 12.1. The predicted octanol–water partition coefficient (Wildman–Crippen LogP) is 2.84. The molecule has 0 spiro atoms. The van der Waals surface area contributed by atoms with Crippen LogP contribution in [0.15, 0.2) is 54.6 Å². The first kappa shape index (κ1) is 16.4. The summed E-state index contributed by atoms with van der Waals surface area (Å²) >= 11 is 0. The molecule has 6 heteroatoms. The van der Waals surface area contributed by atoms with Gasteiger partial charge in [-0.1, -0.05) is 18.2 Å². The third kappa shape index (κ3) is 5.03. The molecule has 0 aliphatic carbocycles. The summed E-state index contributed by atoms with van der Waals surface area (Å²) in [4.78, 5) is 23.3. The van der Waals surface area contributed by atoms with Gasteiger partial charge in [-0.15, -0.1) is 0 Å². The molecule has 1 atom stereocenters. The molecule has 0 radical (unpaired) electrons. The molecule has 120 valence electrons. The van der Waals surface area contributed by atoms with E-state index in [1.54, 1.807) is 43.3 Å². The Labute approximate surface area is 134 Å². The average Bonchev–Trinajstić information content (AvgIpc) is 2.57.